The van der Waals surface area contributed by atoms with Gasteiger partial charge in [0.1, 0.15) is 5.69 Å². The first-order chi connectivity index (χ1) is 14.6. The molecule has 2 heterocycles. The molecule has 0 radical (unpaired) electrons. The average molecular weight is 451 g/mol. The molecule has 3 aromatic rings. The number of piperazine rings is 1. The summed E-state index contributed by atoms with van der Waals surface area (Å²) in [7, 11) is -4.10. The quantitative estimate of drug-likeness (QED) is 0.661. The van der Waals surface area contributed by atoms with Crippen molar-refractivity contribution in [2.75, 3.05) is 26.2 Å². The van der Waals surface area contributed by atoms with Crippen LogP contribution >= 0.6 is 0 Å². The number of aromatic nitrogens is 1. The topological polar surface area (TPSA) is 73.5 Å². The smallest absolute Gasteiger partial charge is 0.351 e. The van der Waals surface area contributed by atoms with Crippen LogP contribution in [0.2, 0.25) is 0 Å². The van der Waals surface area contributed by atoms with E-state index < -0.39 is 26.7 Å². The number of carbonyl (C=O) groups is 1. The predicted molar refractivity (Wildman–Crippen MR) is 109 cm³/mol. The summed E-state index contributed by atoms with van der Waals surface area (Å²) in [6.07, 6.45) is -4.63. The molecule has 1 saturated heterocycles. The molecule has 6 nitrogen and oxygen atoms in total. The Morgan fingerprint density at radius 3 is 2.39 bits per heavy atom. The summed E-state index contributed by atoms with van der Waals surface area (Å²) < 4.78 is 65.6. The first-order valence-corrected chi connectivity index (χ1v) is 11.1. The lowest BCUT2D eigenvalue weighted by Gasteiger charge is -2.33. The number of nitrogens with one attached hydrogen (secondary N) is 1. The second-order valence-electron chi connectivity index (χ2n) is 7.50. The normalized spacial score (nSPS) is 16.1. The first kappa shape index (κ1) is 21.4. The highest BCUT2D eigenvalue weighted by Gasteiger charge is 2.34. The molecule has 0 unspecified atom stereocenters. The van der Waals surface area contributed by atoms with E-state index in [9.17, 15) is 26.4 Å². The Bertz CT molecular complexity index is 1240. The zero-order valence-corrected chi connectivity index (χ0v) is 17.4. The molecule has 1 fully saturated rings. The van der Waals surface area contributed by atoms with Crippen LogP contribution in [-0.4, -0.2) is 54.7 Å². The van der Waals surface area contributed by atoms with Crippen molar-refractivity contribution >= 4 is 26.8 Å². The van der Waals surface area contributed by atoms with Gasteiger partial charge in [0.2, 0.25) is 10.0 Å². The molecule has 0 atom stereocenters. The number of rotatable bonds is 3. The molecule has 0 bridgehead atoms. The molecular formula is C21H20F3N3O3S. The van der Waals surface area contributed by atoms with Crippen molar-refractivity contribution in [1.82, 2.24) is 14.2 Å². The van der Waals surface area contributed by atoms with Gasteiger partial charge in [0.25, 0.3) is 5.91 Å². The van der Waals surface area contributed by atoms with Crippen LogP contribution in [0.1, 0.15) is 21.6 Å². The van der Waals surface area contributed by atoms with Crippen molar-refractivity contribution < 1.29 is 26.4 Å². The van der Waals surface area contributed by atoms with Crippen LogP contribution in [0.25, 0.3) is 10.9 Å². The van der Waals surface area contributed by atoms with Crippen LogP contribution in [0.3, 0.4) is 0 Å². The van der Waals surface area contributed by atoms with Crippen molar-refractivity contribution in [1.29, 1.82) is 0 Å². The maximum atomic E-state index is 12.9. The summed E-state index contributed by atoms with van der Waals surface area (Å²) in [5, 5.41) is 0.903. The van der Waals surface area contributed by atoms with Gasteiger partial charge < -0.3 is 9.88 Å². The molecule has 1 N–H and O–H groups in total. The average Bonchev–Trinajstić information content (AvgIpc) is 3.16. The SMILES string of the molecule is Cc1ccc2cc(C(=O)N3CCN(S(=O)(=O)c4cccc(C(F)(F)F)c4)CC3)[nH]c2c1. The molecule has 1 amide bonds. The predicted octanol–water partition coefficient (Wildman–Crippen LogP) is 3.64. The summed E-state index contributed by atoms with van der Waals surface area (Å²) in [4.78, 5) is 17.1. The number of hydrogen-bond donors (Lipinski definition) is 1. The van der Waals surface area contributed by atoms with E-state index in [4.69, 9.17) is 0 Å². The van der Waals surface area contributed by atoms with Crippen LogP contribution in [0, 0.1) is 6.92 Å². The molecule has 31 heavy (non-hydrogen) atoms. The molecule has 1 aliphatic heterocycles. The van der Waals surface area contributed by atoms with Crippen LogP contribution in [-0.2, 0) is 16.2 Å². The minimum Gasteiger partial charge on any atom is -0.351 e. The fourth-order valence-electron chi connectivity index (χ4n) is 3.64. The molecule has 0 saturated carbocycles. The number of H-pyrrole nitrogens is 1. The summed E-state index contributed by atoms with van der Waals surface area (Å²) in [6, 6.07) is 11.2. The standard InChI is InChI=1S/C21H20F3N3O3S/c1-14-5-6-15-12-19(25-18(15)11-14)20(28)26-7-9-27(10-8-26)31(29,30)17-4-2-3-16(13-17)21(22,23)24/h2-6,11-13,25H,7-10H2,1H3. The van der Waals surface area contributed by atoms with Gasteiger partial charge in [0, 0.05) is 37.1 Å². The molecule has 1 aliphatic rings. The highest BCUT2D eigenvalue weighted by Crippen LogP contribution is 2.31. The second kappa shape index (κ2) is 7.69. The van der Waals surface area contributed by atoms with Gasteiger partial charge in [-0.1, -0.05) is 18.2 Å². The molecular weight excluding hydrogens is 431 g/mol. The molecule has 164 valence electrons. The highest BCUT2D eigenvalue weighted by atomic mass is 32.2. The number of nitrogens with zero attached hydrogens (tertiary/aromatic N) is 2. The zero-order chi connectivity index (χ0) is 22.4. The number of hydrogen-bond acceptors (Lipinski definition) is 3. The largest absolute Gasteiger partial charge is 0.416 e. The minimum absolute atomic E-state index is 0.00363. The van der Waals surface area contributed by atoms with E-state index in [1.54, 1.807) is 6.07 Å². The van der Waals surface area contributed by atoms with E-state index in [2.05, 4.69) is 4.98 Å². The van der Waals surface area contributed by atoms with E-state index in [0.29, 0.717) is 11.8 Å². The van der Waals surface area contributed by atoms with Crippen LogP contribution < -0.4 is 0 Å². The number of benzene rings is 2. The summed E-state index contributed by atoms with van der Waals surface area (Å²) in [6.45, 7) is 2.25. The lowest BCUT2D eigenvalue weighted by atomic mass is 10.2. The van der Waals surface area contributed by atoms with Crippen LogP contribution in [0.5, 0.6) is 0 Å². The Morgan fingerprint density at radius 1 is 1.00 bits per heavy atom. The number of aromatic amines is 1. The fourth-order valence-corrected chi connectivity index (χ4v) is 5.11. The molecule has 1 aromatic heterocycles. The van der Waals surface area contributed by atoms with Gasteiger partial charge in [-0.2, -0.15) is 17.5 Å². The number of halogens is 3. The van der Waals surface area contributed by atoms with Crippen molar-refractivity contribution in [3.05, 3.63) is 65.4 Å². The number of alkyl halides is 3. The molecule has 0 aliphatic carbocycles. The number of aryl methyl sites for hydroxylation is 1. The van der Waals surface area contributed by atoms with Crippen molar-refractivity contribution in [2.45, 2.75) is 18.0 Å². The maximum absolute atomic E-state index is 12.9. The minimum atomic E-state index is -4.63. The van der Waals surface area contributed by atoms with Crippen LogP contribution in [0.15, 0.2) is 53.4 Å². The van der Waals surface area contributed by atoms with Gasteiger partial charge >= 0.3 is 6.18 Å². The molecule has 4 rings (SSSR count). The molecule has 10 heteroatoms. The Kier molecular flexibility index (Phi) is 5.30. The summed E-state index contributed by atoms with van der Waals surface area (Å²) in [5.74, 6) is -0.245. The highest BCUT2D eigenvalue weighted by molar-refractivity contribution is 7.89. The Morgan fingerprint density at radius 2 is 1.71 bits per heavy atom. The van der Waals surface area contributed by atoms with Crippen molar-refractivity contribution in [3.8, 4) is 0 Å². The van der Waals surface area contributed by atoms with E-state index in [1.807, 2.05) is 25.1 Å². The van der Waals surface area contributed by atoms with Crippen molar-refractivity contribution in [2.24, 2.45) is 0 Å². The third-order valence-electron chi connectivity index (χ3n) is 5.33. The third-order valence-corrected chi connectivity index (χ3v) is 7.23. The Hall–Kier alpha value is -2.85. The summed E-state index contributed by atoms with van der Waals surface area (Å²) >= 11 is 0. The molecule has 0 spiro atoms. The second-order valence-corrected chi connectivity index (χ2v) is 9.43. The number of amides is 1. The third kappa shape index (κ3) is 4.17. The number of carbonyl (C=O) groups excluding carboxylic acids is 1. The monoisotopic (exact) mass is 451 g/mol. The van der Waals surface area contributed by atoms with E-state index in [-0.39, 0.29) is 32.1 Å². The van der Waals surface area contributed by atoms with Gasteiger partial charge in [-0.15, -0.1) is 0 Å². The maximum Gasteiger partial charge on any atom is 0.416 e. The van der Waals surface area contributed by atoms with Gasteiger partial charge in [-0.3, -0.25) is 4.79 Å². The van der Waals surface area contributed by atoms with E-state index in [1.165, 1.54) is 4.90 Å². The van der Waals surface area contributed by atoms with Gasteiger partial charge in [0.05, 0.1) is 10.5 Å². The number of sulfonamides is 1. The molecule has 2 aromatic carbocycles. The van der Waals surface area contributed by atoms with Gasteiger partial charge in [-0.25, -0.2) is 8.42 Å². The van der Waals surface area contributed by atoms with Crippen LogP contribution in [0.4, 0.5) is 13.2 Å². The first-order valence-electron chi connectivity index (χ1n) is 9.62. The lowest BCUT2D eigenvalue weighted by Crippen LogP contribution is -2.50. The fraction of sp³-hybridized carbons (Fsp3) is 0.286. The van der Waals surface area contributed by atoms with E-state index in [0.717, 1.165) is 39.0 Å². The van der Waals surface area contributed by atoms with Crippen molar-refractivity contribution in [3.63, 3.8) is 0 Å². The van der Waals surface area contributed by atoms with Gasteiger partial charge in [-0.05, 0) is 42.8 Å². The van der Waals surface area contributed by atoms with E-state index >= 15 is 0 Å². The lowest BCUT2D eigenvalue weighted by molar-refractivity contribution is -0.137. The Balaban J connectivity index is 1.48. The number of fused-ring (bicyclic) bond motifs is 1. The van der Waals surface area contributed by atoms with Gasteiger partial charge in [0.15, 0.2) is 0 Å². The zero-order valence-electron chi connectivity index (χ0n) is 16.6. The summed E-state index contributed by atoms with van der Waals surface area (Å²) in [5.41, 5.74) is 1.29. The Labute approximate surface area is 177 Å².